The van der Waals surface area contributed by atoms with Crippen molar-refractivity contribution in [2.45, 2.75) is 63.3 Å². The molecule has 3 aliphatic heterocycles. The zero-order valence-corrected chi connectivity index (χ0v) is 25.2. The summed E-state index contributed by atoms with van der Waals surface area (Å²) in [5, 5.41) is 0. The first-order chi connectivity index (χ1) is 18.7. The number of hydrogen-bond acceptors (Lipinski definition) is 7. The first-order valence-corrected chi connectivity index (χ1v) is 16.1. The summed E-state index contributed by atoms with van der Waals surface area (Å²) in [7, 11) is 0.0872. The zero-order chi connectivity index (χ0) is 28.0. The largest absolute Gasteiger partial charge is 0.497 e. The molecular formula is C29H48N4O5S. The summed E-state index contributed by atoms with van der Waals surface area (Å²) in [5.74, 6) is 1.48. The number of carbonyl (C=O) groups excluding carboxylic acids is 1. The maximum Gasteiger partial charge on any atom is 0.248 e. The quantitative estimate of drug-likeness (QED) is 0.432. The van der Waals surface area contributed by atoms with Crippen molar-refractivity contribution in [1.82, 2.24) is 19.0 Å². The molecule has 3 heterocycles. The highest BCUT2D eigenvalue weighted by molar-refractivity contribution is 7.89. The van der Waals surface area contributed by atoms with Crippen molar-refractivity contribution in [2.24, 2.45) is 5.92 Å². The van der Waals surface area contributed by atoms with Gasteiger partial charge in [-0.15, -0.1) is 0 Å². The number of hydrogen-bond donors (Lipinski definition) is 0. The van der Waals surface area contributed by atoms with Crippen molar-refractivity contribution >= 4 is 15.9 Å². The normalized spacial score (nSPS) is 22.8. The monoisotopic (exact) mass is 564 g/mol. The van der Waals surface area contributed by atoms with Gasteiger partial charge in [0.15, 0.2) is 0 Å². The van der Waals surface area contributed by atoms with E-state index in [2.05, 4.69) is 16.8 Å². The van der Waals surface area contributed by atoms with Crippen molar-refractivity contribution in [2.75, 3.05) is 79.7 Å². The standard InChI is InChI=1S/C29H48N4O5S/c1-23-19-27(37-4)20-24(2)29(23)39(35,36)33-11-6-5-7-26(33)21-38-22-28(34)32-17-15-31(16-18-32)14-10-25-8-12-30(3)13-9-25/h19-20,25-26H,5-18,21-22H2,1-4H3. The fourth-order valence-electron chi connectivity index (χ4n) is 6.32. The number of ether oxygens (including phenoxy) is 2. The topological polar surface area (TPSA) is 82.6 Å². The summed E-state index contributed by atoms with van der Waals surface area (Å²) < 4.78 is 40.2. The van der Waals surface area contributed by atoms with E-state index in [9.17, 15) is 13.2 Å². The van der Waals surface area contributed by atoms with Crippen molar-refractivity contribution < 1.29 is 22.7 Å². The number of methoxy groups -OCH3 is 1. The number of piperidine rings is 2. The van der Waals surface area contributed by atoms with Crippen LogP contribution in [0.3, 0.4) is 0 Å². The molecule has 39 heavy (non-hydrogen) atoms. The van der Waals surface area contributed by atoms with Gasteiger partial charge in [-0.2, -0.15) is 4.31 Å². The lowest BCUT2D eigenvalue weighted by Gasteiger charge is -2.37. The van der Waals surface area contributed by atoms with Crippen molar-refractivity contribution in [3.8, 4) is 5.75 Å². The molecule has 1 amide bonds. The number of likely N-dealkylation sites (tertiary alicyclic amines) is 1. The van der Waals surface area contributed by atoms with E-state index in [-0.39, 0.29) is 25.2 Å². The molecule has 1 unspecified atom stereocenters. The number of aryl methyl sites for hydroxylation is 2. The highest BCUT2D eigenvalue weighted by atomic mass is 32.2. The van der Waals surface area contributed by atoms with Gasteiger partial charge in [0.05, 0.1) is 18.6 Å². The molecule has 0 radical (unpaired) electrons. The Morgan fingerprint density at radius 2 is 1.62 bits per heavy atom. The maximum atomic E-state index is 13.7. The lowest BCUT2D eigenvalue weighted by atomic mass is 9.93. The van der Waals surface area contributed by atoms with Gasteiger partial charge in [0.2, 0.25) is 15.9 Å². The second-order valence-corrected chi connectivity index (χ2v) is 13.5. The van der Waals surface area contributed by atoms with Gasteiger partial charge in [0.25, 0.3) is 0 Å². The number of piperazine rings is 1. The molecule has 3 aliphatic rings. The Bertz CT molecular complexity index is 1040. The van der Waals surface area contributed by atoms with Crippen LogP contribution in [0.5, 0.6) is 5.75 Å². The fraction of sp³-hybridized carbons (Fsp3) is 0.759. The van der Waals surface area contributed by atoms with Crippen LogP contribution in [0.1, 0.15) is 49.7 Å². The fourth-order valence-corrected chi connectivity index (χ4v) is 8.41. The predicted octanol–water partition coefficient (Wildman–Crippen LogP) is 2.75. The van der Waals surface area contributed by atoms with Crippen molar-refractivity contribution in [1.29, 1.82) is 0 Å². The van der Waals surface area contributed by atoms with Crippen LogP contribution >= 0.6 is 0 Å². The SMILES string of the molecule is COc1cc(C)c(S(=O)(=O)N2CCCCC2COCC(=O)N2CCN(CCC3CCN(C)CC3)CC2)c(C)c1. The highest BCUT2D eigenvalue weighted by Crippen LogP contribution is 2.32. The average molecular weight is 565 g/mol. The van der Waals surface area contributed by atoms with Gasteiger partial charge in [-0.1, -0.05) is 6.42 Å². The van der Waals surface area contributed by atoms with Gasteiger partial charge in [0.1, 0.15) is 12.4 Å². The van der Waals surface area contributed by atoms with E-state index in [4.69, 9.17) is 9.47 Å². The molecule has 9 nitrogen and oxygen atoms in total. The van der Waals surface area contributed by atoms with Crippen LogP contribution in [0.25, 0.3) is 0 Å². The molecule has 10 heteroatoms. The van der Waals surface area contributed by atoms with Crippen LogP contribution in [0.2, 0.25) is 0 Å². The third-order valence-corrected chi connectivity index (χ3v) is 11.0. The molecule has 0 aliphatic carbocycles. The Kier molecular flexibility index (Phi) is 10.7. The Labute approximate surface area is 235 Å². The Hall–Kier alpha value is -1.72. The number of sulfonamides is 1. The van der Waals surface area contributed by atoms with Gasteiger partial charge in [0, 0.05) is 38.8 Å². The van der Waals surface area contributed by atoms with Gasteiger partial charge >= 0.3 is 0 Å². The molecule has 0 spiro atoms. The lowest BCUT2D eigenvalue weighted by molar-refractivity contribution is -0.138. The van der Waals surface area contributed by atoms with E-state index in [0.717, 1.165) is 57.9 Å². The van der Waals surface area contributed by atoms with Gasteiger partial charge in [-0.25, -0.2) is 8.42 Å². The summed E-state index contributed by atoms with van der Waals surface area (Å²) in [4.78, 5) is 20.0. The Morgan fingerprint density at radius 3 is 2.26 bits per heavy atom. The zero-order valence-electron chi connectivity index (χ0n) is 24.4. The molecule has 1 aromatic rings. The van der Waals surface area contributed by atoms with E-state index >= 15 is 0 Å². The first-order valence-electron chi connectivity index (χ1n) is 14.6. The number of benzene rings is 1. The number of carbonyl (C=O) groups is 1. The minimum absolute atomic E-state index is 0.000566. The third kappa shape index (κ3) is 7.73. The molecule has 1 aromatic carbocycles. The van der Waals surface area contributed by atoms with E-state index in [1.165, 1.54) is 32.4 Å². The summed E-state index contributed by atoms with van der Waals surface area (Å²) in [5.41, 5.74) is 1.36. The molecule has 0 bridgehead atoms. The molecule has 0 aromatic heterocycles. The van der Waals surface area contributed by atoms with Crippen molar-refractivity contribution in [3.63, 3.8) is 0 Å². The summed E-state index contributed by atoms with van der Waals surface area (Å²) in [6.07, 6.45) is 6.36. The second-order valence-electron chi connectivity index (χ2n) is 11.6. The molecular weight excluding hydrogens is 516 g/mol. The molecule has 0 saturated carbocycles. The van der Waals surface area contributed by atoms with Crippen LogP contribution in [-0.2, 0) is 19.6 Å². The van der Waals surface area contributed by atoms with Crippen LogP contribution in [0.4, 0.5) is 0 Å². The average Bonchev–Trinajstić information content (AvgIpc) is 2.92. The third-order valence-electron chi connectivity index (χ3n) is 8.76. The van der Waals surface area contributed by atoms with Crippen LogP contribution in [0.15, 0.2) is 17.0 Å². The van der Waals surface area contributed by atoms with Gasteiger partial charge in [-0.3, -0.25) is 9.69 Å². The molecule has 1 atom stereocenters. The predicted molar refractivity (Wildman–Crippen MR) is 153 cm³/mol. The minimum atomic E-state index is -3.70. The lowest BCUT2D eigenvalue weighted by Crippen LogP contribution is -2.50. The Balaban J connectivity index is 1.24. The molecule has 0 N–H and O–H groups in total. The summed E-state index contributed by atoms with van der Waals surface area (Å²) >= 11 is 0. The second kappa shape index (κ2) is 13.8. The maximum absolute atomic E-state index is 13.7. The molecule has 4 rings (SSSR count). The van der Waals surface area contributed by atoms with Gasteiger partial charge < -0.3 is 19.3 Å². The number of rotatable bonds is 10. The summed E-state index contributed by atoms with van der Waals surface area (Å²) in [6.45, 7) is 11.1. The van der Waals surface area contributed by atoms with Crippen LogP contribution in [-0.4, -0.2) is 119 Å². The van der Waals surface area contributed by atoms with Crippen molar-refractivity contribution in [3.05, 3.63) is 23.3 Å². The number of nitrogens with zero attached hydrogens (tertiary/aromatic N) is 4. The Morgan fingerprint density at radius 1 is 0.949 bits per heavy atom. The van der Waals surface area contributed by atoms with Crippen LogP contribution < -0.4 is 4.74 Å². The first kappa shape index (κ1) is 30.2. The van der Waals surface area contributed by atoms with E-state index < -0.39 is 10.0 Å². The van der Waals surface area contributed by atoms with E-state index in [0.29, 0.717) is 28.3 Å². The highest BCUT2D eigenvalue weighted by Gasteiger charge is 2.36. The van der Waals surface area contributed by atoms with E-state index in [1.54, 1.807) is 23.5 Å². The smallest absolute Gasteiger partial charge is 0.248 e. The number of amides is 1. The molecule has 220 valence electrons. The van der Waals surface area contributed by atoms with Crippen LogP contribution in [0, 0.1) is 19.8 Å². The molecule has 3 saturated heterocycles. The molecule has 3 fully saturated rings. The van der Waals surface area contributed by atoms with E-state index in [1.807, 2.05) is 18.7 Å². The summed E-state index contributed by atoms with van der Waals surface area (Å²) in [6, 6.07) is 3.26. The van der Waals surface area contributed by atoms with Gasteiger partial charge in [-0.05, 0) is 102 Å². The minimum Gasteiger partial charge on any atom is -0.497 e.